The summed E-state index contributed by atoms with van der Waals surface area (Å²) in [6, 6.07) is 3.00. The molecule has 0 aliphatic carbocycles. The zero-order chi connectivity index (χ0) is 13.2. The fourth-order valence-electron chi connectivity index (χ4n) is 1.38. The number of rotatable bonds is 3. The Morgan fingerprint density at radius 1 is 1.41 bits per heavy atom. The Balaban J connectivity index is 3.31. The molecule has 0 heterocycles. The molecule has 3 nitrogen and oxygen atoms in total. The van der Waals surface area contributed by atoms with Crippen LogP contribution in [0, 0.1) is 5.82 Å². The second kappa shape index (κ2) is 4.70. The Bertz CT molecular complexity index is 431. The third-order valence-corrected chi connectivity index (χ3v) is 2.11. The number of alkyl halides is 3. The molecule has 0 saturated carbocycles. The molecule has 1 aromatic carbocycles. The SMILES string of the molecule is COC(c1cccc(C(N)=O)c1F)C(F)(F)F. The van der Waals surface area contributed by atoms with Gasteiger partial charge in [0, 0.05) is 12.7 Å². The van der Waals surface area contributed by atoms with E-state index in [0.717, 1.165) is 25.3 Å². The molecule has 0 bridgehead atoms. The van der Waals surface area contributed by atoms with Crippen LogP contribution in [0.4, 0.5) is 17.6 Å². The number of hydrogen-bond acceptors (Lipinski definition) is 2. The molecule has 1 amide bonds. The van der Waals surface area contributed by atoms with E-state index in [2.05, 4.69) is 4.74 Å². The maximum Gasteiger partial charge on any atom is 0.418 e. The van der Waals surface area contributed by atoms with Crippen molar-refractivity contribution in [1.82, 2.24) is 0 Å². The predicted molar refractivity (Wildman–Crippen MR) is 50.7 cm³/mol. The van der Waals surface area contributed by atoms with Gasteiger partial charge in [-0.15, -0.1) is 0 Å². The third kappa shape index (κ3) is 2.73. The number of amides is 1. The van der Waals surface area contributed by atoms with Crippen LogP contribution >= 0.6 is 0 Å². The van der Waals surface area contributed by atoms with Crippen LogP contribution in [0.3, 0.4) is 0 Å². The first-order valence-electron chi connectivity index (χ1n) is 4.46. The van der Waals surface area contributed by atoms with Crippen LogP contribution in [0.15, 0.2) is 18.2 Å². The molecule has 0 fully saturated rings. The third-order valence-electron chi connectivity index (χ3n) is 2.11. The van der Waals surface area contributed by atoms with Crippen molar-refractivity contribution >= 4 is 5.91 Å². The second-order valence-electron chi connectivity index (χ2n) is 3.23. The number of primary amides is 1. The normalized spacial score (nSPS) is 13.5. The summed E-state index contributed by atoms with van der Waals surface area (Å²) in [7, 11) is 0.800. The van der Waals surface area contributed by atoms with E-state index < -0.39 is 35.1 Å². The van der Waals surface area contributed by atoms with Crippen LogP contribution < -0.4 is 5.73 Å². The van der Waals surface area contributed by atoms with E-state index in [1.165, 1.54) is 0 Å². The zero-order valence-electron chi connectivity index (χ0n) is 8.72. The number of halogens is 4. The summed E-state index contributed by atoms with van der Waals surface area (Å²) in [5.74, 6) is -2.45. The van der Waals surface area contributed by atoms with Crippen LogP contribution in [0.25, 0.3) is 0 Å². The molecule has 0 radical (unpaired) electrons. The first-order chi connectivity index (χ1) is 7.79. The van der Waals surface area contributed by atoms with Gasteiger partial charge in [-0.25, -0.2) is 4.39 Å². The van der Waals surface area contributed by atoms with Gasteiger partial charge < -0.3 is 10.5 Å². The minimum atomic E-state index is -4.77. The molecule has 0 aliphatic heterocycles. The van der Waals surface area contributed by atoms with Crippen LogP contribution in [-0.4, -0.2) is 19.2 Å². The lowest BCUT2D eigenvalue weighted by Crippen LogP contribution is -2.25. The van der Waals surface area contributed by atoms with Gasteiger partial charge in [0.1, 0.15) is 5.82 Å². The minimum Gasteiger partial charge on any atom is -0.367 e. The summed E-state index contributed by atoms with van der Waals surface area (Å²) >= 11 is 0. The molecule has 1 rings (SSSR count). The van der Waals surface area contributed by atoms with Crippen molar-refractivity contribution in [2.75, 3.05) is 7.11 Å². The predicted octanol–water partition coefficient (Wildman–Crippen LogP) is 2.17. The van der Waals surface area contributed by atoms with Crippen molar-refractivity contribution in [3.63, 3.8) is 0 Å². The van der Waals surface area contributed by atoms with Gasteiger partial charge in [-0.2, -0.15) is 13.2 Å². The van der Waals surface area contributed by atoms with E-state index in [0.29, 0.717) is 0 Å². The molecule has 1 unspecified atom stereocenters. The Labute approximate surface area is 94.2 Å². The lowest BCUT2D eigenvalue weighted by Gasteiger charge is -2.20. The van der Waals surface area contributed by atoms with Gasteiger partial charge in [0.15, 0.2) is 6.10 Å². The summed E-state index contributed by atoms with van der Waals surface area (Å²) in [6.07, 6.45) is -7.20. The van der Waals surface area contributed by atoms with Crippen LogP contribution in [0.5, 0.6) is 0 Å². The minimum absolute atomic E-state index is 0.603. The number of nitrogens with two attached hydrogens (primary N) is 1. The van der Waals surface area contributed by atoms with E-state index in [4.69, 9.17) is 5.73 Å². The molecule has 2 N–H and O–H groups in total. The molecule has 7 heteroatoms. The Morgan fingerprint density at radius 3 is 2.41 bits per heavy atom. The average molecular weight is 251 g/mol. The van der Waals surface area contributed by atoms with E-state index in [9.17, 15) is 22.4 Å². The van der Waals surface area contributed by atoms with Gasteiger partial charge in [0.05, 0.1) is 5.56 Å². The average Bonchev–Trinajstić information content (AvgIpc) is 2.19. The van der Waals surface area contributed by atoms with Crippen LogP contribution in [0.2, 0.25) is 0 Å². The van der Waals surface area contributed by atoms with Crippen molar-refractivity contribution in [3.8, 4) is 0 Å². The maximum absolute atomic E-state index is 13.6. The molecule has 94 valence electrons. The van der Waals surface area contributed by atoms with Crippen molar-refractivity contribution in [3.05, 3.63) is 35.1 Å². The Morgan fingerprint density at radius 2 is 2.00 bits per heavy atom. The first kappa shape index (κ1) is 13.4. The van der Waals surface area contributed by atoms with E-state index in [-0.39, 0.29) is 0 Å². The molecule has 1 aromatic rings. The number of ether oxygens (including phenoxy) is 1. The summed E-state index contributed by atoms with van der Waals surface area (Å²) in [5.41, 5.74) is 3.46. The standard InChI is InChI=1S/C10H9F4NO2/c1-17-8(10(12,13)14)5-3-2-4-6(7(5)11)9(15)16/h2-4,8H,1H3,(H2,15,16). The van der Waals surface area contributed by atoms with Gasteiger partial charge in [0.2, 0.25) is 0 Å². The topological polar surface area (TPSA) is 52.3 Å². The van der Waals surface area contributed by atoms with Gasteiger partial charge in [0.25, 0.3) is 5.91 Å². The van der Waals surface area contributed by atoms with Gasteiger partial charge in [-0.1, -0.05) is 12.1 Å². The summed E-state index contributed by atoms with van der Waals surface area (Å²) in [5, 5.41) is 0. The van der Waals surface area contributed by atoms with Gasteiger partial charge >= 0.3 is 6.18 Å². The molecule has 0 aliphatic rings. The van der Waals surface area contributed by atoms with Gasteiger partial charge in [-0.05, 0) is 6.07 Å². The van der Waals surface area contributed by atoms with Crippen LogP contribution in [0.1, 0.15) is 22.0 Å². The first-order valence-corrected chi connectivity index (χ1v) is 4.46. The largest absolute Gasteiger partial charge is 0.418 e. The molecule has 0 saturated heterocycles. The van der Waals surface area contributed by atoms with Gasteiger partial charge in [-0.3, -0.25) is 4.79 Å². The van der Waals surface area contributed by atoms with E-state index in [1.54, 1.807) is 0 Å². The highest BCUT2D eigenvalue weighted by atomic mass is 19.4. The molecular weight excluding hydrogens is 242 g/mol. The lowest BCUT2D eigenvalue weighted by atomic mass is 10.0. The van der Waals surface area contributed by atoms with Crippen molar-refractivity contribution in [2.24, 2.45) is 5.73 Å². The van der Waals surface area contributed by atoms with Crippen molar-refractivity contribution < 1.29 is 27.1 Å². The quantitative estimate of drug-likeness (QED) is 0.837. The number of methoxy groups -OCH3 is 1. The van der Waals surface area contributed by atoms with Crippen molar-refractivity contribution in [2.45, 2.75) is 12.3 Å². The number of carbonyl (C=O) groups excluding carboxylic acids is 1. The zero-order valence-corrected chi connectivity index (χ0v) is 8.72. The molecule has 0 spiro atoms. The Kier molecular flexibility index (Phi) is 3.72. The monoisotopic (exact) mass is 251 g/mol. The molecule has 1 atom stereocenters. The highest BCUT2D eigenvalue weighted by Gasteiger charge is 2.43. The van der Waals surface area contributed by atoms with E-state index in [1.807, 2.05) is 0 Å². The van der Waals surface area contributed by atoms with E-state index >= 15 is 0 Å². The smallest absolute Gasteiger partial charge is 0.367 e. The summed E-state index contributed by atoms with van der Waals surface area (Å²) < 4.78 is 55.3. The molecular formula is C10H9F4NO2. The highest BCUT2D eigenvalue weighted by Crippen LogP contribution is 2.36. The summed E-state index contributed by atoms with van der Waals surface area (Å²) in [6.45, 7) is 0. The fourth-order valence-corrected chi connectivity index (χ4v) is 1.38. The molecule has 0 aromatic heterocycles. The maximum atomic E-state index is 13.6. The Hall–Kier alpha value is -1.63. The lowest BCUT2D eigenvalue weighted by molar-refractivity contribution is -0.216. The number of hydrogen-bond donors (Lipinski definition) is 1. The number of carbonyl (C=O) groups is 1. The second-order valence-corrected chi connectivity index (χ2v) is 3.23. The summed E-state index contributed by atoms with van der Waals surface area (Å²) in [4.78, 5) is 10.8. The fraction of sp³-hybridized carbons (Fsp3) is 0.300. The van der Waals surface area contributed by atoms with Crippen LogP contribution in [-0.2, 0) is 4.74 Å². The van der Waals surface area contributed by atoms with Crippen molar-refractivity contribution in [1.29, 1.82) is 0 Å². The highest BCUT2D eigenvalue weighted by molar-refractivity contribution is 5.93. The number of benzene rings is 1. The molecule has 17 heavy (non-hydrogen) atoms.